The van der Waals surface area contributed by atoms with E-state index in [1.54, 1.807) is 0 Å². The molecule has 0 N–H and O–H groups in total. The van der Waals surface area contributed by atoms with E-state index in [0.29, 0.717) is 37.1 Å². The Kier molecular flexibility index (Phi) is 6.92. The number of hydrogen-bond acceptors (Lipinski definition) is 5. The van der Waals surface area contributed by atoms with Gasteiger partial charge in [0, 0.05) is 43.2 Å². The predicted molar refractivity (Wildman–Crippen MR) is 144 cm³/mol. The molecule has 0 aliphatic carbocycles. The van der Waals surface area contributed by atoms with Crippen molar-refractivity contribution in [3.8, 4) is 5.69 Å². The van der Waals surface area contributed by atoms with E-state index in [1.807, 2.05) is 71.2 Å². The first-order valence-electron chi connectivity index (χ1n) is 12.5. The van der Waals surface area contributed by atoms with Crippen molar-refractivity contribution >= 4 is 34.4 Å². The first-order valence-corrected chi connectivity index (χ1v) is 12.9. The number of benzene rings is 2. The normalized spacial score (nSPS) is 14.1. The van der Waals surface area contributed by atoms with Gasteiger partial charge in [-0.15, -0.1) is 0 Å². The number of carbonyl (C=O) groups is 1. The SMILES string of the molecule is Cc1ccccc1C(=O)N1CCN(c2nc(CCC(C)C)nc3c2cnn3-c2cccc(Cl)c2)CC1. The van der Waals surface area contributed by atoms with E-state index in [2.05, 4.69) is 23.8 Å². The molecule has 1 fully saturated rings. The molecule has 0 saturated carbocycles. The lowest BCUT2D eigenvalue weighted by molar-refractivity contribution is 0.0746. The van der Waals surface area contributed by atoms with E-state index >= 15 is 0 Å². The lowest BCUT2D eigenvalue weighted by Gasteiger charge is -2.36. The molecule has 4 aromatic rings. The van der Waals surface area contributed by atoms with Crippen LogP contribution in [-0.4, -0.2) is 56.7 Å². The lowest BCUT2D eigenvalue weighted by Crippen LogP contribution is -2.49. The van der Waals surface area contributed by atoms with E-state index < -0.39 is 0 Å². The third-order valence-corrected chi connectivity index (χ3v) is 6.93. The van der Waals surface area contributed by atoms with Crippen molar-refractivity contribution in [1.82, 2.24) is 24.6 Å². The van der Waals surface area contributed by atoms with Crippen molar-refractivity contribution in [2.45, 2.75) is 33.6 Å². The third-order valence-electron chi connectivity index (χ3n) is 6.69. The van der Waals surface area contributed by atoms with E-state index in [-0.39, 0.29) is 5.91 Å². The van der Waals surface area contributed by atoms with E-state index in [0.717, 1.165) is 52.3 Å². The molecule has 1 amide bonds. The van der Waals surface area contributed by atoms with Crippen LogP contribution in [-0.2, 0) is 6.42 Å². The van der Waals surface area contributed by atoms with E-state index in [1.165, 1.54) is 0 Å². The quantitative estimate of drug-likeness (QED) is 0.356. The Hall–Kier alpha value is -3.45. The first-order chi connectivity index (χ1) is 17.4. The van der Waals surface area contributed by atoms with Crippen molar-refractivity contribution < 1.29 is 4.79 Å². The zero-order valence-electron chi connectivity index (χ0n) is 21.0. The van der Waals surface area contributed by atoms with Crippen LogP contribution in [0.2, 0.25) is 5.02 Å². The number of rotatable bonds is 6. The van der Waals surface area contributed by atoms with Crippen molar-refractivity contribution in [3.63, 3.8) is 0 Å². The summed E-state index contributed by atoms with van der Waals surface area (Å²) in [5, 5.41) is 6.21. The number of hydrogen-bond donors (Lipinski definition) is 0. The van der Waals surface area contributed by atoms with Gasteiger partial charge in [-0.05, 0) is 49.1 Å². The maximum atomic E-state index is 13.1. The number of halogens is 1. The van der Waals surface area contributed by atoms with Gasteiger partial charge < -0.3 is 9.80 Å². The maximum absolute atomic E-state index is 13.1. The number of nitrogens with zero attached hydrogens (tertiary/aromatic N) is 6. The molecular weight excluding hydrogens is 472 g/mol. The summed E-state index contributed by atoms with van der Waals surface area (Å²) < 4.78 is 1.84. The second-order valence-electron chi connectivity index (χ2n) is 9.76. The monoisotopic (exact) mass is 502 g/mol. The minimum Gasteiger partial charge on any atom is -0.352 e. The fourth-order valence-electron chi connectivity index (χ4n) is 4.61. The van der Waals surface area contributed by atoms with Gasteiger partial charge in [0.1, 0.15) is 11.6 Å². The second kappa shape index (κ2) is 10.3. The molecule has 0 unspecified atom stereocenters. The Morgan fingerprint density at radius 2 is 1.81 bits per heavy atom. The predicted octanol–water partition coefficient (Wildman–Crippen LogP) is 5.33. The highest BCUT2D eigenvalue weighted by atomic mass is 35.5. The zero-order chi connectivity index (χ0) is 25.2. The van der Waals surface area contributed by atoms with E-state index in [9.17, 15) is 4.79 Å². The minimum atomic E-state index is 0.0898. The van der Waals surface area contributed by atoms with Gasteiger partial charge in [-0.25, -0.2) is 14.6 Å². The number of carbonyl (C=O) groups excluding carboxylic acids is 1. The molecule has 2 aromatic heterocycles. The Morgan fingerprint density at radius 1 is 1.03 bits per heavy atom. The Bertz CT molecular complexity index is 1390. The van der Waals surface area contributed by atoms with Crippen LogP contribution in [0.1, 0.15) is 42.0 Å². The van der Waals surface area contributed by atoms with Crippen LogP contribution in [0.3, 0.4) is 0 Å². The van der Waals surface area contributed by atoms with Crippen LogP contribution < -0.4 is 4.90 Å². The molecule has 186 valence electrons. The van der Waals surface area contributed by atoms with Crippen LogP contribution in [0.5, 0.6) is 0 Å². The topological polar surface area (TPSA) is 67.2 Å². The molecule has 36 heavy (non-hydrogen) atoms. The molecule has 0 spiro atoms. The van der Waals surface area contributed by atoms with Crippen LogP contribution in [0.25, 0.3) is 16.7 Å². The Morgan fingerprint density at radius 3 is 2.53 bits per heavy atom. The highest BCUT2D eigenvalue weighted by Gasteiger charge is 2.26. The van der Waals surface area contributed by atoms with Gasteiger partial charge in [0.2, 0.25) is 0 Å². The lowest BCUT2D eigenvalue weighted by atomic mass is 10.1. The summed E-state index contributed by atoms with van der Waals surface area (Å²) in [7, 11) is 0. The summed E-state index contributed by atoms with van der Waals surface area (Å²) in [6.45, 7) is 9.09. The molecule has 2 aromatic carbocycles. The fourth-order valence-corrected chi connectivity index (χ4v) is 4.79. The molecule has 3 heterocycles. The zero-order valence-corrected chi connectivity index (χ0v) is 21.7. The molecular formula is C28H31ClN6O. The van der Waals surface area contributed by atoms with Crippen molar-refractivity contribution in [1.29, 1.82) is 0 Å². The second-order valence-corrected chi connectivity index (χ2v) is 10.2. The first kappa shape index (κ1) is 24.3. The summed E-state index contributed by atoms with van der Waals surface area (Å²) >= 11 is 6.26. The average molecular weight is 503 g/mol. The van der Waals surface area contributed by atoms with Gasteiger partial charge in [0.05, 0.1) is 17.3 Å². The summed E-state index contributed by atoms with van der Waals surface area (Å²) in [4.78, 5) is 27.2. The van der Waals surface area contributed by atoms with Crippen molar-refractivity contribution in [2.24, 2.45) is 5.92 Å². The number of aromatic nitrogens is 4. The summed E-state index contributed by atoms with van der Waals surface area (Å²) in [6, 6.07) is 15.4. The standard InChI is InChI=1S/C28H31ClN6O/c1-19(2)11-12-25-31-26(24-18-30-35(27(24)32-25)22-9-6-8-21(29)17-22)33-13-15-34(16-14-33)28(36)23-10-5-4-7-20(23)3/h4-10,17-19H,11-16H2,1-3H3. The number of amides is 1. The van der Waals surface area contributed by atoms with Gasteiger partial charge >= 0.3 is 0 Å². The summed E-state index contributed by atoms with van der Waals surface area (Å²) in [5.41, 5.74) is 3.42. The van der Waals surface area contributed by atoms with Gasteiger partial charge in [-0.2, -0.15) is 5.10 Å². The Labute approximate surface area is 216 Å². The van der Waals surface area contributed by atoms with Crippen LogP contribution in [0.4, 0.5) is 5.82 Å². The Balaban J connectivity index is 1.45. The van der Waals surface area contributed by atoms with Gasteiger partial charge in [-0.1, -0.05) is 49.7 Å². The van der Waals surface area contributed by atoms with E-state index in [4.69, 9.17) is 21.6 Å². The minimum absolute atomic E-state index is 0.0898. The highest BCUT2D eigenvalue weighted by Crippen LogP contribution is 2.28. The van der Waals surface area contributed by atoms with Gasteiger partial charge in [0.25, 0.3) is 5.91 Å². The van der Waals surface area contributed by atoms with Gasteiger partial charge in [-0.3, -0.25) is 4.79 Å². The fraction of sp³-hybridized carbons (Fsp3) is 0.357. The van der Waals surface area contributed by atoms with Crippen molar-refractivity contribution in [3.05, 3.63) is 76.7 Å². The van der Waals surface area contributed by atoms with Crippen LogP contribution in [0, 0.1) is 12.8 Å². The highest BCUT2D eigenvalue weighted by molar-refractivity contribution is 6.30. The molecule has 7 nitrogen and oxygen atoms in total. The molecule has 1 aliphatic heterocycles. The number of aryl methyl sites for hydroxylation is 2. The molecule has 5 rings (SSSR count). The summed E-state index contributed by atoms with van der Waals surface area (Å²) in [6.07, 6.45) is 3.64. The third kappa shape index (κ3) is 4.93. The van der Waals surface area contributed by atoms with Crippen molar-refractivity contribution in [2.75, 3.05) is 31.1 Å². The molecule has 0 atom stereocenters. The smallest absolute Gasteiger partial charge is 0.254 e. The number of piperazine rings is 1. The van der Waals surface area contributed by atoms with Crippen LogP contribution in [0.15, 0.2) is 54.7 Å². The number of anilines is 1. The van der Waals surface area contributed by atoms with Gasteiger partial charge in [0.15, 0.2) is 5.65 Å². The summed E-state index contributed by atoms with van der Waals surface area (Å²) in [5.74, 6) is 2.34. The van der Waals surface area contributed by atoms with Crippen LogP contribution >= 0.6 is 11.6 Å². The average Bonchev–Trinajstić information content (AvgIpc) is 3.31. The molecule has 0 bridgehead atoms. The molecule has 8 heteroatoms. The largest absolute Gasteiger partial charge is 0.352 e. The molecule has 1 aliphatic rings. The maximum Gasteiger partial charge on any atom is 0.254 e. The molecule has 1 saturated heterocycles. The number of fused-ring (bicyclic) bond motifs is 1. The molecule has 0 radical (unpaired) electrons.